The first-order valence-electron chi connectivity index (χ1n) is 11.2. The zero-order valence-electron chi connectivity index (χ0n) is 17.6. The predicted molar refractivity (Wildman–Crippen MR) is 127 cm³/mol. The van der Waals surface area contributed by atoms with Crippen LogP contribution < -0.4 is 0 Å². The largest absolute Gasteiger partial charge is 0.324 e. The minimum atomic E-state index is 0.764. The number of imidazole rings is 1. The summed E-state index contributed by atoms with van der Waals surface area (Å²) in [5.74, 6) is 1.03. The summed E-state index contributed by atoms with van der Waals surface area (Å²) in [5.41, 5.74) is 3.43. The summed E-state index contributed by atoms with van der Waals surface area (Å²) in [6.07, 6.45) is 16.4. The van der Waals surface area contributed by atoms with Crippen molar-refractivity contribution >= 4 is 34.8 Å². The third kappa shape index (κ3) is 6.75. The second-order valence-corrected chi connectivity index (χ2v) is 8.26. The van der Waals surface area contributed by atoms with Gasteiger partial charge < -0.3 is 4.57 Å². The molecule has 1 aromatic heterocycles. The first-order chi connectivity index (χ1) is 14.3. The molecule has 0 radical (unpaired) electrons. The summed E-state index contributed by atoms with van der Waals surface area (Å²) < 4.78 is 2.36. The molecule has 0 unspecified atom stereocenters. The van der Waals surface area contributed by atoms with E-state index < -0.39 is 0 Å². The molecule has 1 heterocycles. The van der Waals surface area contributed by atoms with Crippen molar-refractivity contribution in [1.82, 2.24) is 9.55 Å². The van der Waals surface area contributed by atoms with Crippen molar-refractivity contribution in [3.05, 3.63) is 64.9 Å². The fraction of sp³-hybridized carbons (Fsp3) is 0.423. The standard InChI is InChI=1S/C26H33ClN2/c1-2-3-4-5-6-7-8-9-12-21-29-25-14-11-10-13-24(25)28-26(29)20-17-22-15-18-23(27)19-16-22/h10-11,13-20H,2-9,12,21H2,1H3/b20-17+. The van der Waals surface area contributed by atoms with Gasteiger partial charge in [-0.05, 0) is 42.3 Å². The molecular weight excluding hydrogens is 376 g/mol. The second kappa shape index (κ2) is 11.8. The minimum Gasteiger partial charge on any atom is -0.324 e. The number of aromatic nitrogens is 2. The topological polar surface area (TPSA) is 17.8 Å². The highest BCUT2D eigenvalue weighted by Crippen LogP contribution is 2.20. The molecule has 0 amide bonds. The maximum Gasteiger partial charge on any atom is 0.133 e. The Morgan fingerprint density at radius 1 is 0.793 bits per heavy atom. The molecule has 0 aliphatic carbocycles. The highest BCUT2D eigenvalue weighted by molar-refractivity contribution is 6.30. The van der Waals surface area contributed by atoms with Crippen molar-refractivity contribution in [3.8, 4) is 0 Å². The van der Waals surface area contributed by atoms with Gasteiger partial charge in [-0.15, -0.1) is 0 Å². The number of para-hydroxylation sites is 2. The van der Waals surface area contributed by atoms with Crippen LogP contribution in [0.5, 0.6) is 0 Å². The van der Waals surface area contributed by atoms with Crippen molar-refractivity contribution in [2.45, 2.75) is 71.3 Å². The van der Waals surface area contributed by atoms with E-state index in [0.29, 0.717) is 0 Å². The van der Waals surface area contributed by atoms with Gasteiger partial charge in [0.1, 0.15) is 5.82 Å². The Morgan fingerprint density at radius 3 is 2.17 bits per heavy atom. The number of aryl methyl sites for hydroxylation is 1. The van der Waals surface area contributed by atoms with Gasteiger partial charge in [0, 0.05) is 11.6 Å². The van der Waals surface area contributed by atoms with Crippen LogP contribution >= 0.6 is 11.6 Å². The number of rotatable bonds is 12. The highest BCUT2D eigenvalue weighted by atomic mass is 35.5. The van der Waals surface area contributed by atoms with Crippen LogP contribution in [0.15, 0.2) is 48.5 Å². The Hall–Kier alpha value is -2.06. The van der Waals surface area contributed by atoms with E-state index in [2.05, 4.69) is 47.9 Å². The van der Waals surface area contributed by atoms with Crippen LogP contribution in [0.25, 0.3) is 23.2 Å². The average molecular weight is 409 g/mol. The molecule has 0 bridgehead atoms. The molecule has 0 aliphatic rings. The van der Waals surface area contributed by atoms with E-state index in [4.69, 9.17) is 16.6 Å². The molecule has 0 aliphatic heterocycles. The quantitative estimate of drug-likeness (QED) is 0.275. The highest BCUT2D eigenvalue weighted by Gasteiger charge is 2.07. The minimum absolute atomic E-state index is 0.764. The molecular formula is C26H33ClN2. The maximum atomic E-state index is 5.99. The Kier molecular flexibility index (Phi) is 8.82. The van der Waals surface area contributed by atoms with Crippen molar-refractivity contribution in [2.75, 3.05) is 0 Å². The van der Waals surface area contributed by atoms with Crippen LogP contribution in [0, 0.1) is 0 Å². The zero-order valence-corrected chi connectivity index (χ0v) is 18.4. The monoisotopic (exact) mass is 408 g/mol. The molecule has 2 nitrogen and oxygen atoms in total. The van der Waals surface area contributed by atoms with Crippen molar-refractivity contribution in [1.29, 1.82) is 0 Å². The molecule has 0 spiro atoms. The van der Waals surface area contributed by atoms with Crippen LogP contribution in [-0.2, 0) is 6.54 Å². The lowest BCUT2D eigenvalue weighted by Gasteiger charge is -2.07. The maximum absolute atomic E-state index is 5.99. The van der Waals surface area contributed by atoms with E-state index in [0.717, 1.165) is 28.5 Å². The molecule has 0 atom stereocenters. The van der Waals surface area contributed by atoms with E-state index in [1.807, 2.05) is 24.3 Å². The van der Waals surface area contributed by atoms with Crippen molar-refractivity contribution in [2.24, 2.45) is 0 Å². The van der Waals surface area contributed by atoms with Crippen LogP contribution in [0.1, 0.15) is 76.1 Å². The van der Waals surface area contributed by atoms with Gasteiger partial charge in [-0.2, -0.15) is 0 Å². The summed E-state index contributed by atoms with van der Waals surface area (Å²) in [7, 11) is 0. The SMILES string of the molecule is CCCCCCCCCCCn1c(/C=C/c2ccc(Cl)cc2)nc2ccccc21. The number of benzene rings is 2. The summed E-state index contributed by atoms with van der Waals surface area (Å²) in [4.78, 5) is 4.85. The summed E-state index contributed by atoms with van der Waals surface area (Å²) in [5, 5.41) is 0.764. The normalized spacial score (nSPS) is 11.7. The van der Waals surface area contributed by atoms with Crippen molar-refractivity contribution < 1.29 is 0 Å². The molecule has 3 rings (SSSR count). The second-order valence-electron chi connectivity index (χ2n) is 7.82. The van der Waals surface area contributed by atoms with Gasteiger partial charge in [-0.1, -0.05) is 100 Å². The third-order valence-electron chi connectivity index (χ3n) is 5.46. The van der Waals surface area contributed by atoms with Crippen LogP contribution in [0.4, 0.5) is 0 Å². The molecule has 29 heavy (non-hydrogen) atoms. The molecule has 0 N–H and O–H groups in total. The van der Waals surface area contributed by atoms with E-state index in [9.17, 15) is 0 Å². The van der Waals surface area contributed by atoms with Gasteiger partial charge in [-0.25, -0.2) is 4.98 Å². The molecule has 154 valence electrons. The number of fused-ring (bicyclic) bond motifs is 1. The summed E-state index contributed by atoms with van der Waals surface area (Å²) in [6, 6.07) is 16.4. The number of nitrogens with zero attached hydrogens (tertiary/aromatic N) is 2. The number of halogens is 1. The smallest absolute Gasteiger partial charge is 0.133 e. The van der Waals surface area contributed by atoms with Gasteiger partial charge in [0.05, 0.1) is 11.0 Å². The van der Waals surface area contributed by atoms with Gasteiger partial charge >= 0.3 is 0 Å². The Labute approximate surface area is 180 Å². The van der Waals surface area contributed by atoms with Crippen LogP contribution in [0.2, 0.25) is 5.02 Å². The van der Waals surface area contributed by atoms with E-state index in [1.54, 1.807) is 0 Å². The number of hydrogen-bond donors (Lipinski definition) is 0. The molecule has 3 aromatic rings. The Bertz CT molecular complexity index is 893. The van der Waals surface area contributed by atoms with Gasteiger partial charge in [0.25, 0.3) is 0 Å². The first-order valence-corrected chi connectivity index (χ1v) is 11.5. The lowest BCUT2D eigenvalue weighted by atomic mass is 10.1. The van der Waals surface area contributed by atoms with Crippen LogP contribution in [0.3, 0.4) is 0 Å². The van der Waals surface area contributed by atoms with E-state index in [-0.39, 0.29) is 0 Å². The molecule has 3 heteroatoms. The molecule has 0 fully saturated rings. The molecule has 0 saturated carbocycles. The summed E-state index contributed by atoms with van der Waals surface area (Å²) in [6.45, 7) is 3.30. The van der Waals surface area contributed by atoms with Crippen LogP contribution in [-0.4, -0.2) is 9.55 Å². The van der Waals surface area contributed by atoms with Gasteiger partial charge in [0.15, 0.2) is 0 Å². The average Bonchev–Trinajstić information content (AvgIpc) is 3.10. The lowest BCUT2D eigenvalue weighted by molar-refractivity contribution is 0.541. The fourth-order valence-electron chi connectivity index (χ4n) is 3.78. The fourth-order valence-corrected chi connectivity index (χ4v) is 3.91. The Balaban J connectivity index is 1.58. The number of unbranched alkanes of at least 4 members (excludes halogenated alkanes) is 8. The summed E-state index contributed by atoms with van der Waals surface area (Å²) >= 11 is 5.99. The van der Waals surface area contributed by atoms with Gasteiger partial charge in [-0.3, -0.25) is 0 Å². The lowest BCUT2D eigenvalue weighted by Crippen LogP contribution is -2.00. The Morgan fingerprint density at radius 2 is 1.45 bits per heavy atom. The number of hydrogen-bond acceptors (Lipinski definition) is 1. The van der Waals surface area contributed by atoms with Gasteiger partial charge in [0.2, 0.25) is 0 Å². The molecule has 0 saturated heterocycles. The first kappa shape index (κ1) is 21.6. The van der Waals surface area contributed by atoms with E-state index >= 15 is 0 Å². The van der Waals surface area contributed by atoms with E-state index in [1.165, 1.54) is 63.3 Å². The molecule has 2 aromatic carbocycles. The van der Waals surface area contributed by atoms with Crippen molar-refractivity contribution in [3.63, 3.8) is 0 Å². The third-order valence-corrected chi connectivity index (χ3v) is 5.72. The predicted octanol–water partition coefficient (Wildman–Crippen LogP) is 8.39. The zero-order chi connectivity index (χ0) is 20.3.